The van der Waals surface area contributed by atoms with Gasteiger partial charge in [0, 0.05) is 11.6 Å². The molecule has 0 atom stereocenters. The Morgan fingerprint density at radius 3 is 2.62 bits per heavy atom. The van der Waals surface area contributed by atoms with Crippen molar-refractivity contribution in [2.45, 2.75) is 11.4 Å². The lowest BCUT2D eigenvalue weighted by Crippen LogP contribution is -2.31. The van der Waals surface area contributed by atoms with Gasteiger partial charge in [-0.3, -0.25) is 0 Å². The van der Waals surface area contributed by atoms with Crippen molar-refractivity contribution in [2.24, 2.45) is 0 Å². The lowest BCUT2D eigenvalue weighted by molar-refractivity contribution is 0.0696. The molecule has 0 spiro atoms. The Morgan fingerprint density at radius 1 is 1.31 bits per heavy atom. The number of hydrogen-bond donors (Lipinski definition) is 1. The number of sulfonamides is 1. The number of anilines is 1. The van der Waals surface area contributed by atoms with Crippen LogP contribution in [0, 0.1) is 5.82 Å². The van der Waals surface area contributed by atoms with Gasteiger partial charge in [-0.1, -0.05) is 0 Å². The number of thiazole rings is 1. The van der Waals surface area contributed by atoms with Crippen LogP contribution in [-0.2, 0) is 16.6 Å². The first kappa shape index (κ1) is 20.6. The molecular weight excluding hydrogens is 423 g/mol. The summed E-state index contributed by atoms with van der Waals surface area (Å²) in [6, 6.07) is 7.14. The number of carboxylic acids is 1. The van der Waals surface area contributed by atoms with Gasteiger partial charge in [0.1, 0.15) is 16.5 Å². The van der Waals surface area contributed by atoms with Gasteiger partial charge >= 0.3 is 5.97 Å². The smallest absolute Gasteiger partial charge is 0.335 e. The van der Waals surface area contributed by atoms with Crippen molar-refractivity contribution in [1.29, 1.82) is 0 Å². The van der Waals surface area contributed by atoms with E-state index in [1.54, 1.807) is 17.5 Å². The zero-order valence-corrected chi connectivity index (χ0v) is 16.6. The molecule has 0 unspecified atom stereocenters. The highest BCUT2D eigenvalue weighted by Crippen LogP contribution is 2.32. The average molecular weight is 439 g/mol. The molecule has 0 saturated carbocycles. The predicted molar refractivity (Wildman–Crippen MR) is 105 cm³/mol. The standard InChI is InChI=1S/C18H15FN2O6S2/c1-27-13-4-2-12(15(22)9-13)10-21(18-20-6-7-28-18)29(25,26)16-5-3-11(17(23)24)8-14(16)19/h2-9,22H,10H2,1H3,(H,23,24)/p+1. The highest BCUT2D eigenvalue weighted by molar-refractivity contribution is 7.93. The molecule has 11 heteroatoms. The molecule has 0 aliphatic heterocycles. The maximum atomic E-state index is 14.5. The van der Waals surface area contributed by atoms with Gasteiger partial charge in [-0.25, -0.2) is 26.9 Å². The van der Waals surface area contributed by atoms with E-state index in [4.69, 9.17) is 14.9 Å². The van der Waals surface area contributed by atoms with Gasteiger partial charge in [-0.2, -0.15) is 0 Å². The Morgan fingerprint density at radius 2 is 2.07 bits per heavy atom. The topological polar surface area (TPSA) is 120 Å². The summed E-state index contributed by atoms with van der Waals surface area (Å²) in [6.45, 7) is -0.265. The number of aromatic nitrogens is 1. The summed E-state index contributed by atoms with van der Waals surface area (Å²) in [7, 11) is -2.98. The van der Waals surface area contributed by atoms with Crippen LogP contribution in [0.2, 0.25) is 0 Å². The molecular formula is C18H16FN2O6S2+. The number of ether oxygens (including phenoxy) is 1. The lowest BCUT2D eigenvalue weighted by Gasteiger charge is -2.22. The number of aromatic carboxylic acids is 1. The zero-order valence-electron chi connectivity index (χ0n) is 15.0. The fourth-order valence-electron chi connectivity index (χ4n) is 2.53. The number of benzene rings is 2. The number of hydrogen-bond acceptors (Lipinski definition) is 6. The van der Waals surface area contributed by atoms with Gasteiger partial charge in [0.25, 0.3) is 15.8 Å². The molecule has 3 N–H and O–H groups in total. The van der Waals surface area contributed by atoms with Crippen molar-refractivity contribution in [3.63, 3.8) is 0 Å². The molecule has 2 aromatic carbocycles. The van der Waals surface area contributed by atoms with Gasteiger partial charge in [-0.05, 0) is 30.3 Å². The molecule has 0 aliphatic rings. The van der Waals surface area contributed by atoms with Crippen LogP contribution in [0.5, 0.6) is 11.5 Å². The van der Waals surface area contributed by atoms with Crippen LogP contribution in [-0.4, -0.2) is 36.7 Å². The van der Waals surface area contributed by atoms with E-state index in [-0.39, 0.29) is 23.0 Å². The minimum absolute atomic E-state index is 0.0443. The highest BCUT2D eigenvalue weighted by Gasteiger charge is 2.31. The zero-order chi connectivity index (χ0) is 21.2. The maximum Gasteiger partial charge on any atom is 0.335 e. The molecule has 0 bridgehead atoms. The van der Waals surface area contributed by atoms with Gasteiger partial charge in [0.15, 0.2) is 5.13 Å². The Hall–Kier alpha value is -3.18. The first-order valence-electron chi connectivity index (χ1n) is 8.07. The molecule has 3 aromatic rings. The van der Waals surface area contributed by atoms with E-state index in [1.807, 2.05) is 0 Å². The molecule has 1 heterocycles. The molecule has 0 aliphatic carbocycles. The second-order valence-corrected chi connectivity index (χ2v) is 8.50. The van der Waals surface area contributed by atoms with Crippen molar-refractivity contribution >= 4 is 32.5 Å². The van der Waals surface area contributed by atoms with Crippen molar-refractivity contribution in [1.82, 2.24) is 4.98 Å². The van der Waals surface area contributed by atoms with Crippen LogP contribution in [0.1, 0.15) is 15.9 Å². The van der Waals surface area contributed by atoms with E-state index >= 15 is 0 Å². The monoisotopic (exact) mass is 439 g/mol. The summed E-state index contributed by atoms with van der Waals surface area (Å²) in [5, 5.41) is 18.7. The molecule has 0 amide bonds. The lowest BCUT2D eigenvalue weighted by atomic mass is 10.2. The third-order valence-corrected chi connectivity index (χ3v) is 6.69. The number of carbonyl (C=O) groups is 1. The van der Waals surface area contributed by atoms with Crippen molar-refractivity contribution in [3.8, 4) is 11.5 Å². The van der Waals surface area contributed by atoms with Gasteiger partial charge in [0.2, 0.25) is 0 Å². The SMILES string of the molecule is COc1ccc(CN(c2nccs2)S(=O)(=O)c2ccc(C(=O)O)cc2F)c([OH2+])c1. The van der Waals surface area contributed by atoms with E-state index < -0.39 is 26.7 Å². The van der Waals surface area contributed by atoms with Gasteiger partial charge in [-0.15, -0.1) is 11.3 Å². The number of halogens is 1. The predicted octanol–water partition coefficient (Wildman–Crippen LogP) is 2.82. The third-order valence-electron chi connectivity index (χ3n) is 4.01. The summed E-state index contributed by atoms with van der Waals surface area (Å²) in [5.74, 6) is -2.07. The first-order chi connectivity index (χ1) is 13.7. The van der Waals surface area contributed by atoms with Crippen LogP contribution in [0.3, 0.4) is 0 Å². The fourth-order valence-corrected chi connectivity index (χ4v) is 4.85. The van der Waals surface area contributed by atoms with Gasteiger partial charge in [0.05, 0.1) is 30.8 Å². The fraction of sp³-hybridized carbons (Fsp3) is 0.111. The number of methoxy groups -OCH3 is 1. The molecule has 1 aromatic heterocycles. The Labute approximate surface area is 169 Å². The van der Waals surface area contributed by atoms with Crippen LogP contribution in [0.4, 0.5) is 9.52 Å². The molecule has 0 radical (unpaired) electrons. The van der Waals surface area contributed by atoms with Crippen LogP contribution in [0.25, 0.3) is 0 Å². The number of rotatable bonds is 7. The van der Waals surface area contributed by atoms with Crippen LogP contribution >= 0.6 is 11.3 Å². The second kappa shape index (κ2) is 8.05. The summed E-state index contributed by atoms with van der Waals surface area (Å²) < 4.78 is 46.8. The van der Waals surface area contributed by atoms with Crippen molar-refractivity contribution < 1.29 is 32.6 Å². The third kappa shape index (κ3) is 4.15. The first-order valence-corrected chi connectivity index (χ1v) is 10.4. The van der Waals surface area contributed by atoms with E-state index in [0.29, 0.717) is 17.4 Å². The van der Waals surface area contributed by atoms with Crippen molar-refractivity contribution in [2.75, 3.05) is 11.4 Å². The summed E-state index contributed by atoms with van der Waals surface area (Å²) >= 11 is 1.03. The minimum Gasteiger partial charge on any atom is -0.593 e. The molecule has 0 saturated heterocycles. The van der Waals surface area contributed by atoms with Crippen LogP contribution < -0.4 is 9.04 Å². The van der Waals surface area contributed by atoms with Crippen LogP contribution in [0.15, 0.2) is 52.9 Å². The van der Waals surface area contributed by atoms with E-state index in [0.717, 1.165) is 27.8 Å². The molecule has 29 heavy (non-hydrogen) atoms. The highest BCUT2D eigenvalue weighted by atomic mass is 32.2. The van der Waals surface area contributed by atoms with Gasteiger partial charge < -0.3 is 14.9 Å². The molecule has 0 fully saturated rings. The van der Waals surface area contributed by atoms with E-state index in [1.165, 1.54) is 19.4 Å². The summed E-state index contributed by atoms with van der Waals surface area (Å²) in [6.07, 6.45) is 1.40. The van der Waals surface area contributed by atoms with E-state index in [2.05, 4.69) is 4.98 Å². The Balaban J connectivity index is 2.07. The summed E-state index contributed by atoms with van der Waals surface area (Å²) in [5.41, 5.74) is -0.0158. The summed E-state index contributed by atoms with van der Waals surface area (Å²) in [4.78, 5) is 14.3. The maximum absolute atomic E-state index is 14.5. The Kier molecular flexibility index (Phi) is 5.71. The normalized spacial score (nSPS) is 11.2. The minimum atomic E-state index is -4.43. The molecule has 3 rings (SSSR count). The molecule has 8 nitrogen and oxygen atoms in total. The van der Waals surface area contributed by atoms with E-state index in [9.17, 15) is 17.6 Å². The second-order valence-electron chi connectivity index (χ2n) is 5.80. The Bertz CT molecular complexity index is 1150. The van der Waals surface area contributed by atoms with Crippen molar-refractivity contribution in [3.05, 3.63) is 64.9 Å². The number of nitrogens with zero attached hydrogens (tertiary/aromatic N) is 2. The number of carboxylic acid groups (broad SMARTS) is 1. The quantitative estimate of drug-likeness (QED) is 0.565. The largest absolute Gasteiger partial charge is 0.593 e. The molecule has 152 valence electrons. The average Bonchev–Trinajstić information content (AvgIpc) is 3.20.